The lowest BCUT2D eigenvalue weighted by molar-refractivity contribution is -0.143. The number of aromatic nitrogens is 2. The van der Waals surface area contributed by atoms with Gasteiger partial charge in [-0.05, 0) is 49.4 Å². The van der Waals surface area contributed by atoms with Crippen LogP contribution in [0.4, 0.5) is 18.9 Å². The van der Waals surface area contributed by atoms with Crippen molar-refractivity contribution in [2.75, 3.05) is 18.5 Å². The Labute approximate surface area is 186 Å². The molecule has 3 rings (SSSR count). The largest absolute Gasteiger partial charge is 0.494 e. The van der Waals surface area contributed by atoms with Gasteiger partial charge in [-0.1, -0.05) is 17.7 Å². The molecule has 0 aliphatic rings. The molecule has 11 heteroatoms. The van der Waals surface area contributed by atoms with Crippen LogP contribution in [-0.2, 0) is 11.0 Å². The van der Waals surface area contributed by atoms with Gasteiger partial charge < -0.3 is 15.4 Å². The van der Waals surface area contributed by atoms with E-state index in [9.17, 15) is 22.8 Å². The molecule has 2 N–H and O–H groups in total. The number of hydrogen-bond donors (Lipinski definition) is 2. The number of alkyl halides is 3. The van der Waals surface area contributed by atoms with Gasteiger partial charge in [0.1, 0.15) is 5.75 Å². The van der Waals surface area contributed by atoms with E-state index < -0.39 is 35.8 Å². The van der Waals surface area contributed by atoms with Gasteiger partial charge in [-0.3, -0.25) is 9.59 Å². The zero-order valence-electron chi connectivity index (χ0n) is 16.7. The van der Waals surface area contributed by atoms with Gasteiger partial charge in [-0.25, -0.2) is 4.68 Å². The summed E-state index contributed by atoms with van der Waals surface area (Å²) in [7, 11) is 0. The molecule has 2 aromatic carbocycles. The summed E-state index contributed by atoms with van der Waals surface area (Å²) in [6.07, 6.45) is -4.08. The average Bonchev–Trinajstić information content (AvgIpc) is 3.20. The van der Waals surface area contributed by atoms with E-state index in [0.717, 1.165) is 6.20 Å². The number of ether oxygens (including phenoxy) is 1. The van der Waals surface area contributed by atoms with Gasteiger partial charge in [0.2, 0.25) is 5.91 Å². The second-order valence-electron chi connectivity index (χ2n) is 6.48. The molecule has 3 aromatic rings. The Morgan fingerprint density at radius 3 is 2.50 bits per heavy atom. The second kappa shape index (κ2) is 9.73. The predicted octanol–water partition coefficient (Wildman–Crippen LogP) is 4.31. The minimum Gasteiger partial charge on any atom is -0.494 e. The summed E-state index contributed by atoms with van der Waals surface area (Å²) in [6.45, 7) is 1.79. The molecule has 0 fully saturated rings. The molecule has 0 saturated carbocycles. The van der Waals surface area contributed by atoms with Crippen molar-refractivity contribution in [3.63, 3.8) is 0 Å². The van der Waals surface area contributed by atoms with Crippen LogP contribution >= 0.6 is 11.6 Å². The Bertz CT molecular complexity index is 1110. The molecule has 1 aromatic heterocycles. The van der Waals surface area contributed by atoms with Crippen LogP contribution in [0, 0.1) is 0 Å². The van der Waals surface area contributed by atoms with E-state index in [2.05, 4.69) is 15.7 Å². The molecular formula is C21H18ClF3N4O3. The number of carbonyl (C=O) groups excluding carboxylic acids is 2. The Morgan fingerprint density at radius 1 is 1.16 bits per heavy atom. The minimum atomic E-state index is -4.88. The highest BCUT2D eigenvalue weighted by atomic mass is 35.5. The van der Waals surface area contributed by atoms with Gasteiger partial charge >= 0.3 is 6.18 Å². The first-order valence-electron chi connectivity index (χ1n) is 9.41. The quantitative estimate of drug-likeness (QED) is 0.543. The average molecular weight is 467 g/mol. The molecule has 0 saturated heterocycles. The third kappa shape index (κ3) is 5.58. The first kappa shape index (κ1) is 23.1. The number of halogens is 4. The molecule has 0 atom stereocenters. The first-order valence-corrected chi connectivity index (χ1v) is 9.79. The zero-order chi connectivity index (χ0) is 23.3. The first-order chi connectivity index (χ1) is 15.2. The predicted molar refractivity (Wildman–Crippen MR) is 112 cm³/mol. The van der Waals surface area contributed by atoms with Gasteiger partial charge in [0.05, 0.1) is 30.6 Å². The van der Waals surface area contributed by atoms with Crippen LogP contribution in [0.2, 0.25) is 5.02 Å². The number of hydrogen-bond acceptors (Lipinski definition) is 4. The van der Waals surface area contributed by atoms with Crippen LogP contribution < -0.4 is 15.4 Å². The van der Waals surface area contributed by atoms with Gasteiger partial charge in [0, 0.05) is 10.7 Å². The monoisotopic (exact) mass is 466 g/mol. The van der Waals surface area contributed by atoms with Gasteiger partial charge in [0.25, 0.3) is 5.91 Å². The molecule has 32 heavy (non-hydrogen) atoms. The number of benzene rings is 2. The molecule has 0 radical (unpaired) electrons. The zero-order valence-corrected chi connectivity index (χ0v) is 17.5. The fraction of sp³-hybridized carbons (Fsp3) is 0.190. The van der Waals surface area contributed by atoms with E-state index in [0.29, 0.717) is 22.7 Å². The smallest absolute Gasteiger partial charge is 0.434 e. The molecule has 7 nitrogen and oxygen atoms in total. The highest BCUT2D eigenvalue weighted by molar-refractivity contribution is 6.30. The van der Waals surface area contributed by atoms with E-state index in [1.54, 1.807) is 24.3 Å². The van der Waals surface area contributed by atoms with Crippen LogP contribution in [-0.4, -0.2) is 34.7 Å². The normalized spacial score (nSPS) is 11.2. The number of amides is 2. The van der Waals surface area contributed by atoms with Gasteiger partial charge in [-0.15, -0.1) is 0 Å². The molecule has 168 valence electrons. The highest BCUT2D eigenvalue weighted by Crippen LogP contribution is 2.34. The van der Waals surface area contributed by atoms with E-state index in [4.69, 9.17) is 16.3 Å². The summed E-state index contributed by atoms with van der Waals surface area (Å²) in [4.78, 5) is 24.5. The van der Waals surface area contributed by atoms with E-state index in [-0.39, 0.29) is 10.7 Å². The Morgan fingerprint density at radius 2 is 1.88 bits per heavy atom. The van der Waals surface area contributed by atoms with Crippen molar-refractivity contribution in [1.29, 1.82) is 0 Å². The number of carbonyl (C=O) groups is 2. The number of rotatable bonds is 7. The van der Waals surface area contributed by atoms with Crippen LogP contribution in [0.1, 0.15) is 23.0 Å². The van der Waals surface area contributed by atoms with E-state index in [1.807, 2.05) is 6.92 Å². The van der Waals surface area contributed by atoms with E-state index in [1.165, 1.54) is 24.3 Å². The second-order valence-corrected chi connectivity index (χ2v) is 6.92. The van der Waals surface area contributed by atoms with Gasteiger partial charge in [0.15, 0.2) is 5.69 Å². The van der Waals surface area contributed by atoms with Crippen molar-refractivity contribution in [2.24, 2.45) is 0 Å². The fourth-order valence-electron chi connectivity index (χ4n) is 2.85. The molecule has 1 heterocycles. The fourth-order valence-corrected chi connectivity index (χ4v) is 3.04. The minimum absolute atomic E-state index is 0.0390. The molecule has 0 spiro atoms. The lowest BCUT2D eigenvalue weighted by Crippen LogP contribution is -2.34. The maximum atomic E-state index is 13.7. The Kier molecular flexibility index (Phi) is 7.04. The summed E-state index contributed by atoms with van der Waals surface area (Å²) in [6, 6.07) is 12.1. The summed E-state index contributed by atoms with van der Waals surface area (Å²) >= 11 is 5.85. The number of anilines is 1. The Balaban J connectivity index is 1.71. The standard InChI is InChI=1S/C21H18ClF3N4O3/c1-2-32-16-8-6-14(7-9-16)28-18(30)12-26-20(31)17-11-27-29(19(17)21(23,24)25)15-5-3-4-13(22)10-15/h3-11H,2,12H2,1H3,(H,26,31)(H,28,30). The van der Waals surface area contributed by atoms with Crippen molar-refractivity contribution in [1.82, 2.24) is 15.1 Å². The van der Waals surface area contributed by atoms with E-state index >= 15 is 0 Å². The third-order valence-electron chi connectivity index (χ3n) is 4.19. The third-order valence-corrected chi connectivity index (χ3v) is 4.43. The van der Waals surface area contributed by atoms with Gasteiger partial charge in [-0.2, -0.15) is 18.3 Å². The molecule has 0 unspecified atom stereocenters. The molecule has 0 aliphatic carbocycles. The molecule has 0 bridgehead atoms. The van der Waals surface area contributed by atoms with Crippen molar-refractivity contribution in [3.8, 4) is 11.4 Å². The number of nitrogens with zero attached hydrogens (tertiary/aromatic N) is 2. The topological polar surface area (TPSA) is 85.2 Å². The SMILES string of the molecule is CCOc1ccc(NC(=O)CNC(=O)c2cnn(-c3cccc(Cl)c3)c2C(F)(F)F)cc1. The summed E-state index contributed by atoms with van der Waals surface area (Å²) in [5, 5.41) is 8.63. The summed E-state index contributed by atoms with van der Waals surface area (Å²) in [5.41, 5.74) is -1.51. The summed E-state index contributed by atoms with van der Waals surface area (Å²) in [5.74, 6) is -1.08. The Hall–Kier alpha value is -3.53. The summed E-state index contributed by atoms with van der Waals surface area (Å²) < 4.78 is 47.0. The lowest BCUT2D eigenvalue weighted by atomic mass is 10.2. The molecule has 0 aliphatic heterocycles. The lowest BCUT2D eigenvalue weighted by Gasteiger charge is -2.13. The van der Waals surface area contributed by atoms with Crippen LogP contribution in [0.15, 0.2) is 54.7 Å². The molecule has 2 amide bonds. The van der Waals surface area contributed by atoms with Crippen molar-refractivity contribution in [2.45, 2.75) is 13.1 Å². The van der Waals surface area contributed by atoms with Crippen LogP contribution in [0.25, 0.3) is 5.69 Å². The van der Waals surface area contributed by atoms with Crippen LogP contribution in [0.3, 0.4) is 0 Å². The number of nitrogens with one attached hydrogen (secondary N) is 2. The highest BCUT2D eigenvalue weighted by Gasteiger charge is 2.40. The molecular weight excluding hydrogens is 449 g/mol. The maximum absolute atomic E-state index is 13.7. The van der Waals surface area contributed by atoms with Crippen molar-refractivity contribution < 1.29 is 27.5 Å². The maximum Gasteiger partial charge on any atom is 0.434 e. The van der Waals surface area contributed by atoms with Crippen molar-refractivity contribution in [3.05, 3.63) is 71.0 Å². The van der Waals surface area contributed by atoms with Crippen molar-refractivity contribution >= 4 is 29.1 Å². The van der Waals surface area contributed by atoms with Crippen LogP contribution in [0.5, 0.6) is 5.75 Å².